The van der Waals surface area contributed by atoms with Crippen LogP contribution in [0.1, 0.15) is 37.6 Å². The van der Waals surface area contributed by atoms with Crippen molar-refractivity contribution in [2.45, 2.75) is 34.1 Å². The zero-order chi connectivity index (χ0) is 18.2. The van der Waals surface area contributed by atoms with E-state index in [1.165, 1.54) is 4.52 Å². The number of hydrogen-bond donors (Lipinski definition) is 2. The summed E-state index contributed by atoms with van der Waals surface area (Å²) in [6.07, 6.45) is 0.490. The number of aromatic amines is 1. The lowest BCUT2D eigenvalue weighted by molar-refractivity contribution is -0.123. The molecule has 0 saturated carbocycles. The summed E-state index contributed by atoms with van der Waals surface area (Å²) in [7, 11) is 0. The SMILES string of the molecule is Cc1nc2nc(NC(=O)C(C)(C)C)[nH]n2c(=O)c1Cc1ccccc1. The Labute approximate surface area is 145 Å². The van der Waals surface area contributed by atoms with Gasteiger partial charge in [-0.15, -0.1) is 0 Å². The summed E-state index contributed by atoms with van der Waals surface area (Å²) in [5.74, 6) is 0.255. The molecule has 0 fully saturated rings. The molecule has 0 aliphatic rings. The van der Waals surface area contributed by atoms with E-state index >= 15 is 0 Å². The number of aryl methyl sites for hydroxylation is 1. The highest BCUT2D eigenvalue weighted by molar-refractivity contribution is 5.93. The van der Waals surface area contributed by atoms with Gasteiger partial charge in [0.2, 0.25) is 11.9 Å². The normalized spacial score (nSPS) is 11.7. The van der Waals surface area contributed by atoms with Crippen molar-refractivity contribution in [3.05, 3.63) is 57.5 Å². The van der Waals surface area contributed by atoms with E-state index in [9.17, 15) is 9.59 Å². The van der Waals surface area contributed by atoms with Crippen molar-refractivity contribution in [2.24, 2.45) is 5.41 Å². The molecule has 3 rings (SSSR count). The van der Waals surface area contributed by atoms with Crippen LogP contribution in [-0.4, -0.2) is 25.5 Å². The summed E-state index contributed by atoms with van der Waals surface area (Å²) in [6.45, 7) is 7.20. The molecule has 7 nitrogen and oxygen atoms in total. The molecule has 1 amide bonds. The summed E-state index contributed by atoms with van der Waals surface area (Å²) in [4.78, 5) is 33.5. The van der Waals surface area contributed by atoms with E-state index in [4.69, 9.17) is 0 Å². The predicted molar refractivity (Wildman–Crippen MR) is 95.7 cm³/mol. The van der Waals surface area contributed by atoms with Gasteiger partial charge in [0, 0.05) is 17.4 Å². The maximum atomic E-state index is 12.8. The van der Waals surface area contributed by atoms with Gasteiger partial charge in [-0.1, -0.05) is 51.1 Å². The van der Waals surface area contributed by atoms with Crippen molar-refractivity contribution in [1.29, 1.82) is 0 Å². The van der Waals surface area contributed by atoms with Gasteiger partial charge in [-0.3, -0.25) is 20.0 Å². The van der Waals surface area contributed by atoms with E-state index in [1.807, 2.05) is 30.3 Å². The van der Waals surface area contributed by atoms with Crippen LogP contribution >= 0.6 is 0 Å². The summed E-state index contributed by atoms with van der Waals surface area (Å²) in [6, 6.07) is 9.74. The first-order valence-corrected chi connectivity index (χ1v) is 8.09. The lowest BCUT2D eigenvalue weighted by Crippen LogP contribution is -2.28. The van der Waals surface area contributed by atoms with Crippen molar-refractivity contribution < 1.29 is 4.79 Å². The number of nitrogens with one attached hydrogen (secondary N) is 2. The smallest absolute Gasteiger partial charge is 0.277 e. The molecule has 0 aliphatic heterocycles. The monoisotopic (exact) mass is 339 g/mol. The average molecular weight is 339 g/mol. The fraction of sp³-hybridized carbons (Fsp3) is 0.333. The molecule has 0 aliphatic carbocycles. The number of carbonyl (C=O) groups is 1. The van der Waals surface area contributed by atoms with Crippen molar-refractivity contribution in [3.63, 3.8) is 0 Å². The Morgan fingerprint density at radius 2 is 1.88 bits per heavy atom. The minimum atomic E-state index is -0.564. The highest BCUT2D eigenvalue weighted by atomic mass is 16.2. The van der Waals surface area contributed by atoms with Crippen LogP contribution in [0.5, 0.6) is 0 Å². The van der Waals surface area contributed by atoms with Gasteiger partial charge < -0.3 is 0 Å². The van der Waals surface area contributed by atoms with Gasteiger partial charge in [0.15, 0.2) is 0 Å². The van der Waals surface area contributed by atoms with Crippen LogP contribution in [0.4, 0.5) is 5.95 Å². The first-order valence-electron chi connectivity index (χ1n) is 8.09. The molecule has 0 atom stereocenters. The number of H-pyrrole nitrogens is 1. The van der Waals surface area contributed by atoms with Crippen molar-refractivity contribution in [2.75, 3.05) is 5.32 Å². The van der Waals surface area contributed by atoms with E-state index in [0.29, 0.717) is 17.7 Å². The minimum absolute atomic E-state index is 0.194. The minimum Gasteiger partial charge on any atom is -0.294 e. The Morgan fingerprint density at radius 3 is 2.52 bits per heavy atom. The lowest BCUT2D eigenvalue weighted by atomic mass is 9.96. The van der Waals surface area contributed by atoms with Crippen molar-refractivity contribution >= 4 is 17.6 Å². The van der Waals surface area contributed by atoms with Crippen molar-refractivity contribution in [1.82, 2.24) is 19.6 Å². The number of carbonyl (C=O) groups excluding carboxylic acids is 1. The van der Waals surface area contributed by atoms with E-state index in [-0.39, 0.29) is 23.2 Å². The van der Waals surface area contributed by atoms with E-state index in [2.05, 4.69) is 20.4 Å². The topological polar surface area (TPSA) is 92.2 Å². The molecular weight excluding hydrogens is 318 g/mol. The quantitative estimate of drug-likeness (QED) is 0.766. The molecule has 25 heavy (non-hydrogen) atoms. The van der Waals surface area contributed by atoms with Gasteiger partial charge >= 0.3 is 0 Å². The Kier molecular flexibility index (Phi) is 4.16. The summed E-state index contributed by atoms with van der Waals surface area (Å²) < 4.78 is 1.27. The molecule has 0 unspecified atom stereocenters. The molecule has 2 N–H and O–H groups in total. The van der Waals surface area contributed by atoms with Crippen LogP contribution in [0.25, 0.3) is 5.78 Å². The summed E-state index contributed by atoms with van der Waals surface area (Å²) in [5.41, 5.74) is 1.49. The molecule has 7 heteroatoms. The number of fused-ring (bicyclic) bond motifs is 1. The summed E-state index contributed by atoms with van der Waals surface area (Å²) >= 11 is 0. The highest BCUT2D eigenvalue weighted by Gasteiger charge is 2.23. The molecule has 0 bridgehead atoms. The van der Waals surface area contributed by atoms with Gasteiger partial charge in [-0.25, -0.2) is 4.98 Å². The molecule has 2 heterocycles. The van der Waals surface area contributed by atoms with Crippen LogP contribution in [0.2, 0.25) is 0 Å². The third-order valence-electron chi connectivity index (χ3n) is 3.93. The second-order valence-corrected chi connectivity index (χ2v) is 7.06. The fourth-order valence-electron chi connectivity index (χ4n) is 2.41. The van der Waals surface area contributed by atoms with E-state index < -0.39 is 5.41 Å². The Bertz CT molecular complexity index is 980. The predicted octanol–water partition coefficient (Wildman–Crippen LogP) is 2.30. The number of amides is 1. The Hall–Kier alpha value is -2.96. The first-order chi connectivity index (χ1) is 11.8. The maximum absolute atomic E-state index is 12.8. The van der Waals surface area contributed by atoms with Gasteiger partial charge in [-0.05, 0) is 12.5 Å². The molecule has 130 valence electrons. The number of rotatable bonds is 3. The number of anilines is 1. The molecule has 0 radical (unpaired) electrons. The van der Waals surface area contributed by atoms with Gasteiger partial charge in [-0.2, -0.15) is 9.50 Å². The molecule has 2 aromatic heterocycles. The largest absolute Gasteiger partial charge is 0.294 e. The lowest BCUT2D eigenvalue weighted by Gasteiger charge is -2.15. The van der Waals surface area contributed by atoms with Crippen LogP contribution in [-0.2, 0) is 11.2 Å². The first kappa shape index (κ1) is 16.9. The molecule has 0 saturated heterocycles. The second kappa shape index (κ2) is 6.16. The zero-order valence-corrected chi connectivity index (χ0v) is 14.8. The third-order valence-corrected chi connectivity index (χ3v) is 3.93. The van der Waals surface area contributed by atoms with Gasteiger partial charge in [0.1, 0.15) is 0 Å². The van der Waals surface area contributed by atoms with Crippen LogP contribution in [0.15, 0.2) is 35.1 Å². The number of hydrogen-bond acceptors (Lipinski definition) is 4. The van der Waals surface area contributed by atoms with Crippen LogP contribution in [0, 0.1) is 12.3 Å². The van der Waals surface area contributed by atoms with E-state index in [0.717, 1.165) is 5.56 Å². The number of aromatic nitrogens is 4. The second-order valence-electron chi connectivity index (χ2n) is 7.06. The molecule has 1 aromatic carbocycles. The number of nitrogens with zero attached hydrogens (tertiary/aromatic N) is 3. The van der Waals surface area contributed by atoms with E-state index in [1.54, 1.807) is 27.7 Å². The van der Waals surface area contributed by atoms with Crippen LogP contribution < -0.4 is 10.9 Å². The maximum Gasteiger partial charge on any atom is 0.277 e. The third kappa shape index (κ3) is 3.45. The molecule has 3 aromatic rings. The van der Waals surface area contributed by atoms with Gasteiger partial charge in [0.05, 0.1) is 5.69 Å². The Balaban J connectivity index is 1.99. The summed E-state index contributed by atoms with van der Waals surface area (Å²) in [5, 5.41) is 5.50. The van der Waals surface area contributed by atoms with Gasteiger partial charge in [0.25, 0.3) is 11.3 Å². The van der Waals surface area contributed by atoms with Crippen LogP contribution in [0.3, 0.4) is 0 Å². The fourth-order valence-corrected chi connectivity index (χ4v) is 2.41. The molecule has 0 spiro atoms. The average Bonchev–Trinajstić information content (AvgIpc) is 2.94. The standard InChI is InChI=1S/C18H21N5O2/c1-11-13(10-12-8-6-5-7-9-12)14(24)23-17(19-11)21-16(22-23)20-15(25)18(2,3)4/h5-9H,10H2,1-4H3,(H2,19,20,21,22,25). The highest BCUT2D eigenvalue weighted by Crippen LogP contribution is 2.16. The Morgan fingerprint density at radius 1 is 1.20 bits per heavy atom. The number of benzene rings is 1. The molecular formula is C18H21N5O2. The van der Waals surface area contributed by atoms with Crippen molar-refractivity contribution in [3.8, 4) is 0 Å². The zero-order valence-electron chi connectivity index (χ0n) is 14.8.